The molecule has 0 aromatic carbocycles. The predicted octanol–water partition coefficient (Wildman–Crippen LogP) is -0.454. The van der Waals surface area contributed by atoms with Gasteiger partial charge in [0, 0.05) is 5.75 Å². The van der Waals surface area contributed by atoms with E-state index in [1.807, 2.05) is 0 Å². The lowest BCUT2D eigenvalue weighted by atomic mass is 10.5. The summed E-state index contributed by atoms with van der Waals surface area (Å²) in [7, 11) is -2.73. The minimum Gasteiger partial charge on any atom is -0.379 e. The van der Waals surface area contributed by atoms with Crippen molar-refractivity contribution in [3.63, 3.8) is 0 Å². The molecular weight excluding hydrogens is 188 g/mol. The number of hydrogen-bond donors (Lipinski definition) is 3. The first-order valence-electron chi connectivity index (χ1n) is 2.87. The molecule has 0 unspecified atom stereocenters. The third-order valence-corrected chi connectivity index (χ3v) is 1.94. The maximum absolute atomic E-state index is 9.84. The van der Waals surface area contributed by atoms with E-state index in [-0.39, 0.29) is 11.8 Å². The van der Waals surface area contributed by atoms with E-state index in [0.29, 0.717) is 12.2 Å². The molecule has 3 N–H and O–H groups in total. The first-order valence-corrected chi connectivity index (χ1v) is 4.95. The largest absolute Gasteiger partial charge is 0.379 e. The average Bonchev–Trinajstić information content (AvgIpc) is 1.85. The van der Waals surface area contributed by atoms with E-state index < -0.39 is 11.0 Å². The summed E-state index contributed by atoms with van der Waals surface area (Å²) in [6.45, 7) is 0.166. The van der Waals surface area contributed by atoms with E-state index in [0.717, 1.165) is 0 Å². The third kappa shape index (κ3) is 9.73. The first-order chi connectivity index (χ1) is 5.13. The van der Waals surface area contributed by atoms with Crippen LogP contribution in [0, 0.1) is 5.41 Å². The van der Waals surface area contributed by atoms with E-state index in [2.05, 4.69) is 4.18 Å². The molecule has 0 aromatic heterocycles. The molecule has 66 valence electrons. The number of amidine groups is 1. The fourth-order valence-corrected chi connectivity index (χ4v) is 1.14. The Kier molecular flexibility index (Phi) is 6.28. The van der Waals surface area contributed by atoms with Gasteiger partial charge in [-0.2, -0.15) is 0 Å². The molecule has 0 atom stereocenters. The molecule has 0 saturated carbocycles. The van der Waals surface area contributed by atoms with Gasteiger partial charge in [0.05, 0.1) is 6.61 Å². The molecule has 11 heavy (non-hydrogen) atoms. The fraction of sp³-hybridized carbons (Fsp3) is 0.750. The molecule has 0 spiro atoms. The van der Waals surface area contributed by atoms with Crippen LogP contribution in [-0.4, -0.2) is 25.9 Å². The van der Waals surface area contributed by atoms with Crippen LogP contribution in [0.25, 0.3) is 0 Å². The van der Waals surface area contributed by atoms with E-state index in [4.69, 9.17) is 11.1 Å². The van der Waals surface area contributed by atoms with Crippen LogP contribution in [0.4, 0.5) is 0 Å². The molecule has 0 bridgehead atoms. The van der Waals surface area contributed by atoms with Gasteiger partial charge >= 0.3 is 0 Å². The minimum absolute atomic E-state index is 0.0384. The van der Waals surface area contributed by atoms with Gasteiger partial charge in [-0.25, -0.2) is 8.42 Å². The average molecular weight is 198 g/mol. The van der Waals surface area contributed by atoms with Crippen LogP contribution in [0.5, 0.6) is 0 Å². The summed E-state index contributed by atoms with van der Waals surface area (Å²) in [6.07, 6.45) is 0.577. The normalized spacial score (nSPS) is 10.3. The summed E-state index contributed by atoms with van der Waals surface area (Å²) in [5.41, 5.74) is 5.02. The highest BCUT2D eigenvalue weighted by Crippen LogP contribution is 1.99. The van der Waals surface area contributed by atoms with Crippen LogP contribution in [0.15, 0.2) is 0 Å². The van der Waals surface area contributed by atoms with Gasteiger partial charge < -0.3 is 5.73 Å². The van der Waals surface area contributed by atoms with E-state index in [1.54, 1.807) is 0 Å². The van der Waals surface area contributed by atoms with Crippen LogP contribution < -0.4 is 5.73 Å². The van der Waals surface area contributed by atoms with Gasteiger partial charge in [-0.05, 0) is 6.42 Å². The summed E-state index contributed by atoms with van der Waals surface area (Å²) in [5.74, 6) is 0.610. The van der Waals surface area contributed by atoms with Gasteiger partial charge in [0.2, 0.25) is 0 Å². The molecule has 7 heteroatoms. The standard InChI is InChI=1S/C4H10N2O3S2/c5-4(6)10-3-1-2-9-11(7)8/h11H,1-3H2,(H3,5,6). The quantitative estimate of drug-likeness (QED) is 0.241. The second-order valence-electron chi connectivity index (χ2n) is 1.62. The van der Waals surface area contributed by atoms with Crippen LogP contribution in [0.3, 0.4) is 0 Å². The fourth-order valence-electron chi connectivity index (χ4n) is 0.380. The summed E-state index contributed by atoms with van der Waals surface area (Å²) < 4.78 is 23.9. The number of hydrogen-bond acceptors (Lipinski definition) is 5. The van der Waals surface area contributed by atoms with Crippen LogP contribution in [0.2, 0.25) is 0 Å². The molecular formula is C4H10N2O3S2. The van der Waals surface area contributed by atoms with Gasteiger partial charge in [-0.3, -0.25) is 9.59 Å². The van der Waals surface area contributed by atoms with Gasteiger partial charge in [0.1, 0.15) is 0 Å². The zero-order valence-corrected chi connectivity index (χ0v) is 7.49. The van der Waals surface area contributed by atoms with E-state index in [1.165, 1.54) is 11.8 Å². The molecule has 0 heterocycles. The lowest BCUT2D eigenvalue weighted by Crippen LogP contribution is -2.05. The molecule has 0 saturated heterocycles. The van der Waals surface area contributed by atoms with Gasteiger partial charge in [0.15, 0.2) is 5.17 Å². The van der Waals surface area contributed by atoms with Crippen molar-refractivity contribution in [2.75, 3.05) is 12.4 Å². The number of nitrogens with two attached hydrogens (primary N) is 1. The smallest absolute Gasteiger partial charge is 0.257 e. The zero-order valence-electron chi connectivity index (χ0n) is 5.78. The molecule has 0 fully saturated rings. The molecule has 0 rings (SSSR count). The highest BCUT2D eigenvalue weighted by molar-refractivity contribution is 8.13. The van der Waals surface area contributed by atoms with Gasteiger partial charge in [-0.1, -0.05) is 11.8 Å². The molecule has 0 radical (unpaired) electrons. The van der Waals surface area contributed by atoms with Crippen molar-refractivity contribution in [1.29, 1.82) is 5.41 Å². The Morgan fingerprint density at radius 3 is 2.73 bits per heavy atom. The Morgan fingerprint density at radius 1 is 1.64 bits per heavy atom. The van der Waals surface area contributed by atoms with Crippen molar-refractivity contribution in [2.45, 2.75) is 6.42 Å². The summed E-state index contributed by atoms with van der Waals surface area (Å²) in [6, 6.07) is 0. The summed E-state index contributed by atoms with van der Waals surface area (Å²) in [5, 5.41) is 6.83. The molecule has 0 aliphatic rings. The SMILES string of the molecule is N=C(N)SCCCO[SH](=O)=O. The Balaban J connectivity index is 3.09. The molecule has 0 aromatic rings. The maximum Gasteiger partial charge on any atom is 0.257 e. The Labute approximate surface area is 71.0 Å². The highest BCUT2D eigenvalue weighted by Gasteiger charge is 1.92. The van der Waals surface area contributed by atoms with Crippen LogP contribution >= 0.6 is 11.8 Å². The zero-order chi connectivity index (χ0) is 8.69. The predicted molar refractivity (Wildman–Crippen MR) is 45.3 cm³/mol. The Hall–Kier alpha value is -0.270. The number of rotatable bonds is 5. The van der Waals surface area contributed by atoms with Crippen molar-refractivity contribution in [1.82, 2.24) is 0 Å². The number of thiol groups is 1. The Bertz CT molecular complexity index is 184. The number of thioether (sulfide) groups is 1. The highest BCUT2D eigenvalue weighted by atomic mass is 32.2. The van der Waals surface area contributed by atoms with Crippen molar-refractivity contribution < 1.29 is 12.6 Å². The van der Waals surface area contributed by atoms with Crippen LogP contribution in [0.1, 0.15) is 6.42 Å². The second-order valence-corrected chi connectivity index (χ2v) is 3.47. The van der Waals surface area contributed by atoms with Gasteiger partial charge in [-0.15, -0.1) is 0 Å². The van der Waals surface area contributed by atoms with Crippen molar-refractivity contribution in [2.24, 2.45) is 5.73 Å². The van der Waals surface area contributed by atoms with E-state index >= 15 is 0 Å². The number of nitrogens with one attached hydrogen (secondary N) is 1. The second kappa shape index (κ2) is 6.44. The van der Waals surface area contributed by atoms with E-state index in [9.17, 15) is 8.42 Å². The van der Waals surface area contributed by atoms with Crippen molar-refractivity contribution in [3.8, 4) is 0 Å². The molecule has 0 aliphatic heterocycles. The third-order valence-electron chi connectivity index (χ3n) is 0.743. The lowest BCUT2D eigenvalue weighted by molar-refractivity contribution is 0.334. The monoisotopic (exact) mass is 198 g/mol. The lowest BCUT2D eigenvalue weighted by Gasteiger charge is -1.96. The minimum atomic E-state index is -2.73. The van der Waals surface area contributed by atoms with Gasteiger partial charge in [0.25, 0.3) is 11.0 Å². The molecule has 0 amide bonds. The first kappa shape index (κ1) is 10.7. The maximum atomic E-state index is 9.84. The molecule has 0 aliphatic carbocycles. The van der Waals surface area contributed by atoms with Crippen molar-refractivity contribution >= 4 is 27.9 Å². The summed E-state index contributed by atoms with van der Waals surface area (Å²) in [4.78, 5) is 0. The Morgan fingerprint density at radius 2 is 2.27 bits per heavy atom. The van der Waals surface area contributed by atoms with Crippen LogP contribution in [-0.2, 0) is 15.2 Å². The van der Waals surface area contributed by atoms with Crippen molar-refractivity contribution in [3.05, 3.63) is 0 Å². The topological polar surface area (TPSA) is 93.2 Å². The molecule has 5 nitrogen and oxygen atoms in total. The summed E-state index contributed by atoms with van der Waals surface area (Å²) >= 11 is 1.17.